The zero-order valence-corrected chi connectivity index (χ0v) is 21.1. The Labute approximate surface area is 218 Å². The van der Waals surface area contributed by atoms with Gasteiger partial charge in [-0.15, -0.1) is 0 Å². The molecule has 0 radical (unpaired) electrons. The van der Waals surface area contributed by atoms with Crippen molar-refractivity contribution in [3.05, 3.63) is 108 Å². The number of benzene rings is 4. The molecule has 2 amide bonds. The van der Waals surface area contributed by atoms with Crippen LogP contribution in [0.1, 0.15) is 5.56 Å². The highest BCUT2D eigenvalue weighted by Gasteiger charge is 2.35. The molecule has 0 saturated carbocycles. The number of hydrogen-bond donors (Lipinski definition) is 0. The van der Waals surface area contributed by atoms with Crippen LogP contribution in [0, 0.1) is 0 Å². The molecule has 0 spiro atoms. The van der Waals surface area contributed by atoms with Crippen molar-refractivity contribution >= 4 is 49.9 Å². The van der Waals surface area contributed by atoms with Gasteiger partial charge in [-0.1, -0.05) is 72.8 Å². The number of carbonyl (C=O) groups excluding carboxylic acids is 2. The maximum absolute atomic E-state index is 13.0. The zero-order valence-electron chi connectivity index (χ0n) is 19.4. The Kier molecular flexibility index (Phi) is 6.98. The minimum atomic E-state index is -4.07. The van der Waals surface area contributed by atoms with Gasteiger partial charge in [-0.05, 0) is 47.5 Å². The van der Waals surface area contributed by atoms with Crippen molar-refractivity contribution in [1.29, 1.82) is 0 Å². The Morgan fingerprint density at radius 2 is 1.46 bits per heavy atom. The van der Waals surface area contributed by atoms with Gasteiger partial charge in [-0.25, -0.2) is 0 Å². The summed E-state index contributed by atoms with van der Waals surface area (Å²) in [5.74, 6) is 0.251. The van der Waals surface area contributed by atoms with E-state index < -0.39 is 21.3 Å². The lowest BCUT2D eigenvalue weighted by Gasteiger charge is -2.14. The topological polar surface area (TPSA) is 90.0 Å². The molecule has 0 atom stereocenters. The number of imide groups is 1. The number of hydrogen-bond acceptors (Lipinski definition) is 7. The molecular weight excluding hydrogens is 510 g/mol. The smallest absolute Gasteiger partial charge is 0.339 e. The molecule has 1 aliphatic heterocycles. The Hall–Kier alpha value is -4.08. The Balaban J connectivity index is 1.30. The number of amides is 2. The van der Waals surface area contributed by atoms with Gasteiger partial charge in [0.25, 0.3) is 11.1 Å². The second-order valence-electron chi connectivity index (χ2n) is 8.05. The highest BCUT2D eigenvalue weighted by Crippen LogP contribution is 2.34. The molecule has 1 heterocycles. The summed E-state index contributed by atoms with van der Waals surface area (Å²) in [6.07, 6.45) is 1.46. The molecule has 5 rings (SSSR count). The molecule has 37 heavy (non-hydrogen) atoms. The van der Waals surface area contributed by atoms with Gasteiger partial charge >= 0.3 is 10.1 Å². The monoisotopic (exact) mass is 531 g/mol. The summed E-state index contributed by atoms with van der Waals surface area (Å²) in [4.78, 5) is 26.9. The quantitative estimate of drug-likeness (QED) is 0.212. The first-order valence-corrected chi connectivity index (χ1v) is 13.6. The summed E-state index contributed by atoms with van der Waals surface area (Å²) in [5, 5.41) is 1.55. The zero-order chi connectivity index (χ0) is 25.8. The van der Waals surface area contributed by atoms with E-state index in [0.29, 0.717) is 11.3 Å². The number of nitrogens with zero attached hydrogens (tertiary/aromatic N) is 1. The van der Waals surface area contributed by atoms with Crippen molar-refractivity contribution < 1.29 is 26.9 Å². The minimum absolute atomic E-state index is 0.0105. The second kappa shape index (κ2) is 10.5. The average Bonchev–Trinajstić information content (AvgIpc) is 3.17. The molecule has 1 saturated heterocycles. The third kappa shape index (κ3) is 5.37. The van der Waals surface area contributed by atoms with E-state index in [0.717, 1.165) is 27.4 Å². The van der Waals surface area contributed by atoms with Crippen LogP contribution in [0.5, 0.6) is 11.5 Å². The third-order valence-corrected chi connectivity index (χ3v) is 7.79. The lowest BCUT2D eigenvalue weighted by atomic mass is 10.1. The van der Waals surface area contributed by atoms with Crippen molar-refractivity contribution in [3.8, 4) is 11.5 Å². The lowest BCUT2D eigenvalue weighted by Crippen LogP contribution is -2.32. The maximum Gasteiger partial charge on any atom is 0.339 e. The molecule has 4 aromatic carbocycles. The molecule has 0 bridgehead atoms. The lowest BCUT2D eigenvalue weighted by molar-refractivity contribution is -0.123. The Morgan fingerprint density at radius 3 is 2.30 bits per heavy atom. The first-order chi connectivity index (χ1) is 17.9. The van der Waals surface area contributed by atoms with Gasteiger partial charge in [0.05, 0.1) is 11.4 Å². The van der Waals surface area contributed by atoms with Gasteiger partial charge in [0.2, 0.25) is 0 Å². The first kappa shape index (κ1) is 24.6. The van der Waals surface area contributed by atoms with Gasteiger partial charge in [0.15, 0.2) is 0 Å². The predicted molar refractivity (Wildman–Crippen MR) is 143 cm³/mol. The standard InChI is InChI=1S/C28H21NO6S2/c30-27-26(19-21-10-5-7-15-24(21)35-37(32,33)22-12-2-1-3-13-22)36-28(31)29(27)17-18-34-25-16-8-11-20-9-4-6-14-23(20)25/h1-16,19H,17-18H2/b26-19-. The third-order valence-electron chi connectivity index (χ3n) is 5.63. The van der Waals surface area contributed by atoms with Crippen LogP contribution < -0.4 is 8.92 Å². The van der Waals surface area contributed by atoms with Gasteiger partial charge in [-0.2, -0.15) is 8.42 Å². The number of carbonyl (C=O) groups is 2. The largest absolute Gasteiger partial charge is 0.491 e. The van der Waals surface area contributed by atoms with E-state index in [-0.39, 0.29) is 28.7 Å². The van der Waals surface area contributed by atoms with E-state index in [4.69, 9.17) is 8.92 Å². The van der Waals surface area contributed by atoms with Crippen molar-refractivity contribution in [1.82, 2.24) is 4.90 Å². The van der Waals surface area contributed by atoms with Crippen molar-refractivity contribution in [3.63, 3.8) is 0 Å². The van der Waals surface area contributed by atoms with E-state index in [9.17, 15) is 18.0 Å². The van der Waals surface area contributed by atoms with Gasteiger partial charge < -0.3 is 8.92 Å². The molecule has 9 heteroatoms. The van der Waals surface area contributed by atoms with Gasteiger partial charge in [-0.3, -0.25) is 14.5 Å². The summed E-state index contributed by atoms with van der Waals surface area (Å²) >= 11 is 0.786. The SMILES string of the molecule is O=C1S/C(=C\c2ccccc2OS(=O)(=O)c2ccccc2)C(=O)N1CCOc1cccc2ccccc12. The molecule has 1 aliphatic rings. The molecular formula is C28H21NO6S2. The number of thioether (sulfide) groups is 1. The van der Waals surface area contributed by atoms with Crippen LogP contribution >= 0.6 is 11.8 Å². The van der Waals surface area contributed by atoms with E-state index in [2.05, 4.69) is 0 Å². The van der Waals surface area contributed by atoms with E-state index >= 15 is 0 Å². The fraction of sp³-hybridized carbons (Fsp3) is 0.0714. The summed E-state index contributed by atoms with van der Waals surface area (Å²) in [6.45, 7) is 0.208. The molecule has 0 aromatic heterocycles. The van der Waals surface area contributed by atoms with E-state index in [1.807, 2.05) is 42.5 Å². The van der Waals surface area contributed by atoms with Gasteiger partial charge in [0, 0.05) is 10.9 Å². The molecule has 0 unspecified atom stereocenters. The molecule has 7 nitrogen and oxygen atoms in total. The summed E-state index contributed by atoms with van der Waals surface area (Å²) < 4.78 is 36.6. The van der Waals surface area contributed by atoms with Crippen molar-refractivity contribution in [2.75, 3.05) is 13.2 Å². The van der Waals surface area contributed by atoms with Crippen LogP contribution in [0.4, 0.5) is 4.79 Å². The molecule has 4 aromatic rings. The van der Waals surface area contributed by atoms with Crippen molar-refractivity contribution in [2.24, 2.45) is 0 Å². The van der Waals surface area contributed by atoms with E-state index in [1.165, 1.54) is 24.3 Å². The molecule has 0 aliphatic carbocycles. The van der Waals surface area contributed by atoms with E-state index in [1.54, 1.807) is 36.4 Å². The Morgan fingerprint density at radius 1 is 0.784 bits per heavy atom. The van der Waals surface area contributed by atoms with Crippen LogP contribution in [-0.2, 0) is 14.9 Å². The normalized spacial score (nSPS) is 14.9. The van der Waals surface area contributed by atoms with Crippen LogP contribution in [0.25, 0.3) is 16.8 Å². The van der Waals surface area contributed by atoms with Crippen LogP contribution in [0.3, 0.4) is 0 Å². The average molecular weight is 532 g/mol. The number of rotatable bonds is 8. The van der Waals surface area contributed by atoms with Crippen LogP contribution in [0.15, 0.2) is 107 Å². The maximum atomic E-state index is 13.0. The molecule has 0 N–H and O–H groups in total. The minimum Gasteiger partial charge on any atom is -0.491 e. The fourth-order valence-corrected chi connectivity index (χ4v) is 5.66. The summed E-state index contributed by atoms with van der Waals surface area (Å²) in [7, 11) is -4.07. The fourth-order valence-electron chi connectivity index (χ4n) is 3.83. The van der Waals surface area contributed by atoms with Gasteiger partial charge in [0.1, 0.15) is 23.0 Å². The first-order valence-electron chi connectivity index (χ1n) is 11.4. The van der Waals surface area contributed by atoms with Crippen LogP contribution in [-0.4, -0.2) is 37.6 Å². The Bertz CT molecular complexity index is 1610. The number of ether oxygens (including phenoxy) is 1. The predicted octanol–water partition coefficient (Wildman–Crippen LogP) is 5.72. The second-order valence-corrected chi connectivity index (χ2v) is 10.6. The van der Waals surface area contributed by atoms with Crippen LogP contribution in [0.2, 0.25) is 0 Å². The summed E-state index contributed by atoms with van der Waals surface area (Å²) in [5.41, 5.74) is 0.361. The highest BCUT2D eigenvalue weighted by atomic mass is 32.2. The molecule has 1 fully saturated rings. The summed E-state index contributed by atoms with van der Waals surface area (Å²) in [6, 6.07) is 27.7. The number of fused-ring (bicyclic) bond motifs is 1. The van der Waals surface area contributed by atoms with Crippen molar-refractivity contribution in [2.45, 2.75) is 4.90 Å². The highest BCUT2D eigenvalue weighted by molar-refractivity contribution is 8.18. The number of para-hydroxylation sites is 1. The molecule has 186 valence electrons.